The number of nitrogens with zero attached hydrogens (tertiary/aromatic N) is 1. The highest BCUT2D eigenvalue weighted by Gasteiger charge is 2.19. The highest BCUT2D eigenvalue weighted by molar-refractivity contribution is 5.91. The highest BCUT2D eigenvalue weighted by Crippen LogP contribution is 2.11. The Morgan fingerprint density at radius 3 is 2.33 bits per heavy atom. The number of carbonyl (C=O) groups excluding carboxylic acids is 2. The van der Waals surface area contributed by atoms with Gasteiger partial charge >= 0.3 is 11.9 Å². The average Bonchev–Trinajstić information content (AvgIpc) is 2.27. The molecule has 1 heterocycles. The quantitative estimate of drug-likeness (QED) is 0.770. The Hall–Kier alpha value is -1.91. The predicted octanol–water partition coefficient (Wildman–Crippen LogP) is 2.21. The van der Waals surface area contributed by atoms with Crippen LogP contribution in [0.25, 0.3) is 0 Å². The summed E-state index contributed by atoms with van der Waals surface area (Å²) in [6, 6.07) is 2.94. The number of pyridine rings is 1. The first-order valence-corrected chi connectivity index (χ1v) is 5.70. The van der Waals surface area contributed by atoms with Crippen molar-refractivity contribution in [2.24, 2.45) is 0 Å². The van der Waals surface area contributed by atoms with Crippen molar-refractivity contribution in [1.82, 2.24) is 4.98 Å². The number of carbonyl (C=O) groups is 2. The summed E-state index contributed by atoms with van der Waals surface area (Å²) in [5, 5.41) is 0. The van der Waals surface area contributed by atoms with Gasteiger partial charge in [0.1, 0.15) is 11.3 Å². The van der Waals surface area contributed by atoms with E-state index in [4.69, 9.17) is 9.47 Å². The van der Waals surface area contributed by atoms with Crippen LogP contribution in [0.4, 0.5) is 0 Å². The first-order chi connectivity index (χ1) is 8.33. The summed E-state index contributed by atoms with van der Waals surface area (Å²) in [5.41, 5.74) is -0.0967. The van der Waals surface area contributed by atoms with Crippen molar-refractivity contribution in [3.8, 4) is 0 Å². The maximum Gasteiger partial charge on any atom is 0.357 e. The van der Waals surface area contributed by atoms with E-state index >= 15 is 0 Å². The van der Waals surface area contributed by atoms with Gasteiger partial charge in [0, 0.05) is 6.20 Å². The van der Waals surface area contributed by atoms with Crippen LogP contribution in [-0.4, -0.2) is 29.1 Å². The molecule has 0 radical (unpaired) electrons. The number of hydrogen-bond donors (Lipinski definition) is 0. The van der Waals surface area contributed by atoms with E-state index in [-0.39, 0.29) is 5.69 Å². The van der Waals surface area contributed by atoms with E-state index in [1.54, 1.807) is 27.7 Å². The maximum atomic E-state index is 11.7. The van der Waals surface area contributed by atoms with Crippen LogP contribution in [0.1, 0.15) is 48.5 Å². The molecule has 0 unspecified atom stereocenters. The topological polar surface area (TPSA) is 65.5 Å². The summed E-state index contributed by atoms with van der Waals surface area (Å²) in [7, 11) is 0. The van der Waals surface area contributed by atoms with Crippen LogP contribution < -0.4 is 0 Å². The third kappa shape index (κ3) is 4.16. The van der Waals surface area contributed by atoms with Gasteiger partial charge in [0.2, 0.25) is 0 Å². The normalized spacial score (nSPS) is 10.9. The van der Waals surface area contributed by atoms with Crippen LogP contribution in [0, 0.1) is 0 Å². The van der Waals surface area contributed by atoms with Crippen LogP contribution >= 0.6 is 0 Å². The molecule has 5 heteroatoms. The third-order valence-corrected chi connectivity index (χ3v) is 1.88. The number of ether oxygens (including phenoxy) is 2. The molecular weight excluding hydrogens is 234 g/mol. The minimum atomic E-state index is -0.571. The molecule has 98 valence electrons. The monoisotopic (exact) mass is 251 g/mol. The number of hydrogen-bond acceptors (Lipinski definition) is 5. The molecule has 5 nitrogen and oxygen atoms in total. The van der Waals surface area contributed by atoms with E-state index in [2.05, 4.69) is 4.98 Å². The van der Waals surface area contributed by atoms with Crippen molar-refractivity contribution < 1.29 is 19.1 Å². The Morgan fingerprint density at radius 1 is 1.22 bits per heavy atom. The van der Waals surface area contributed by atoms with E-state index in [0.717, 1.165) is 0 Å². The van der Waals surface area contributed by atoms with Crippen LogP contribution in [0.3, 0.4) is 0 Å². The van der Waals surface area contributed by atoms with Gasteiger partial charge in [-0.25, -0.2) is 14.6 Å². The molecule has 0 spiro atoms. The zero-order chi connectivity index (χ0) is 13.8. The Kier molecular flexibility index (Phi) is 4.42. The van der Waals surface area contributed by atoms with Crippen LogP contribution in [-0.2, 0) is 9.47 Å². The molecule has 0 aliphatic carbocycles. The molecule has 0 aliphatic heterocycles. The lowest BCUT2D eigenvalue weighted by atomic mass is 10.2. The van der Waals surface area contributed by atoms with Gasteiger partial charge in [-0.05, 0) is 39.8 Å². The molecule has 0 bridgehead atoms. The summed E-state index contributed by atoms with van der Waals surface area (Å²) in [4.78, 5) is 26.9. The van der Waals surface area contributed by atoms with Crippen molar-refractivity contribution in [3.63, 3.8) is 0 Å². The highest BCUT2D eigenvalue weighted by atomic mass is 16.6. The minimum Gasteiger partial charge on any atom is -0.462 e. The van der Waals surface area contributed by atoms with Crippen molar-refractivity contribution in [2.75, 3.05) is 6.61 Å². The maximum absolute atomic E-state index is 11.7. The lowest BCUT2D eigenvalue weighted by Crippen LogP contribution is -2.24. The van der Waals surface area contributed by atoms with E-state index in [0.29, 0.717) is 12.2 Å². The van der Waals surface area contributed by atoms with E-state index in [1.807, 2.05) is 0 Å². The number of esters is 2. The van der Waals surface area contributed by atoms with Gasteiger partial charge in [-0.2, -0.15) is 0 Å². The number of rotatable bonds is 3. The van der Waals surface area contributed by atoms with Gasteiger partial charge in [-0.3, -0.25) is 0 Å². The van der Waals surface area contributed by atoms with Crippen LogP contribution in [0.2, 0.25) is 0 Å². The first-order valence-electron chi connectivity index (χ1n) is 5.70. The standard InChI is InChI=1S/C13H17NO4/c1-5-17-11(15)9-6-7-10(14-8-9)12(16)18-13(2,3)4/h6-8H,5H2,1-4H3. The average molecular weight is 251 g/mol. The molecule has 0 fully saturated rings. The van der Waals surface area contributed by atoms with Crippen LogP contribution in [0.15, 0.2) is 18.3 Å². The summed E-state index contributed by atoms with van der Waals surface area (Å²) < 4.78 is 9.97. The lowest BCUT2D eigenvalue weighted by Gasteiger charge is -2.18. The molecular formula is C13H17NO4. The Labute approximate surface area is 106 Å². The summed E-state index contributed by atoms with van der Waals surface area (Å²) in [6.45, 7) is 7.35. The molecule has 0 amide bonds. The Balaban J connectivity index is 2.77. The van der Waals surface area contributed by atoms with Gasteiger partial charge < -0.3 is 9.47 Å². The molecule has 18 heavy (non-hydrogen) atoms. The van der Waals surface area contributed by atoms with Gasteiger partial charge in [0.05, 0.1) is 12.2 Å². The van der Waals surface area contributed by atoms with Gasteiger partial charge in [-0.1, -0.05) is 0 Å². The predicted molar refractivity (Wildman–Crippen MR) is 65.4 cm³/mol. The van der Waals surface area contributed by atoms with Gasteiger partial charge in [0.15, 0.2) is 0 Å². The number of aromatic nitrogens is 1. The first kappa shape index (κ1) is 14.2. The molecule has 1 aromatic heterocycles. The smallest absolute Gasteiger partial charge is 0.357 e. The summed E-state index contributed by atoms with van der Waals surface area (Å²) in [5.74, 6) is -0.973. The molecule has 0 atom stereocenters. The van der Waals surface area contributed by atoms with Crippen molar-refractivity contribution in [1.29, 1.82) is 0 Å². The molecule has 0 aliphatic rings. The van der Waals surface area contributed by atoms with E-state index in [9.17, 15) is 9.59 Å². The Bertz CT molecular complexity index is 431. The van der Waals surface area contributed by atoms with E-state index in [1.165, 1.54) is 18.3 Å². The molecule has 0 N–H and O–H groups in total. The van der Waals surface area contributed by atoms with Gasteiger partial charge in [-0.15, -0.1) is 0 Å². The fourth-order valence-electron chi connectivity index (χ4n) is 1.18. The second kappa shape index (κ2) is 5.62. The van der Waals surface area contributed by atoms with Crippen LogP contribution in [0.5, 0.6) is 0 Å². The molecule has 1 rings (SSSR count). The fraction of sp³-hybridized carbons (Fsp3) is 0.462. The minimum absolute atomic E-state index is 0.165. The summed E-state index contributed by atoms with van der Waals surface area (Å²) >= 11 is 0. The Morgan fingerprint density at radius 2 is 1.89 bits per heavy atom. The largest absolute Gasteiger partial charge is 0.462 e. The molecule has 0 aromatic carbocycles. The lowest BCUT2D eigenvalue weighted by molar-refractivity contribution is 0.00622. The fourth-order valence-corrected chi connectivity index (χ4v) is 1.18. The van der Waals surface area contributed by atoms with Crippen molar-refractivity contribution in [2.45, 2.75) is 33.3 Å². The molecule has 0 saturated carbocycles. The van der Waals surface area contributed by atoms with Crippen molar-refractivity contribution in [3.05, 3.63) is 29.6 Å². The third-order valence-electron chi connectivity index (χ3n) is 1.88. The molecule has 0 saturated heterocycles. The summed E-state index contributed by atoms with van der Waals surface area (Å²) in [6.07, 6.45) is 1.30. The second-order valence-electron chi connectivity index (χ2n) is 4.65. The van der Waals surface area contributed by atoms with Gasteiger partial charge in [0.25, 0.3) is 0 Å². The molecule has 1 aromatic rings. The second-order valence-corrected chi connectivity index (χ2v) is 4.65. The van der Waals surface area contributed by atoms with E-state index < -0.39 is 17.5 Å². The zero-order valence-electron chi connectivity index (χ0n) is 11.0. The zero-order valence-corrected chi connectivity index (χ0v) is 11.0. The SMILES string of the molecule is CCOC(=O)c1ccc(C(=O)OC(C)(C)C)nc1. The van der Waals surface area contributed by atoms with Crippen molar-refractivity contribution >= 4 is 11.9 Å².